The lowest BCUT2D eigenvalue weighted by Crippen LogP contribution is -2.43. The number of aliphatic hydroxyl groups is 1. The third kappa shape index (κ3) is 2.74. The molecule has 0 saturated heterocycles. The summed E-state index contributed by atoms with van der Waals surface area (Å²) in [5.41, 5.74) is 4.33. The summed E-state index contributed by atoms with van der Waals surface area (Å²) in [6.07, 6.45) is 6.98. The van der Waals surface area contributed by atoms with Crippen molar-refractivity contribution in [2.75, 3.05) is 33.1 Å². The average molecular weight is 323 g/mol. The molecule has 2 aliphatic carbocycles. The van der Waals surface area contributed by atoms with Crippen LogP contribution in [0.5, 0.6) is 0 Å². The number of hydrogen-bond acceptors (Lipinski definition) is 3. The zero-order valence-electron chi connectivity index (χ0n) is 14.5. The number of benzene rings is 1. The molecule has 1 N–H and O–H groups in total. The summed E-state index contributed by atoms with van der Waals surface area (Å²) in [6, 6.07) is 7.79. The first-order chi connectivity index (χ1) is 11.4. The molecule has 0 heterocycles. The third-order valence-electron chi connectivity index (χ3n) is 4.62. The van der Waals surface area contributed by atoms with Gasteiger partial charge in [0.25, 0.3) is 0 Å². The number of carbonyl (C=O) groups is 1. The van der Waals surface area contributed by atoms with Gasteiger partial charge in [-0.2, -0.15) is 0 Å². The zero-order chi connectivity index (χ0) is 17.4. The minimum atomic E-state index is -0.743. The predicted octanol–water partition coefficient (Wildman–Crippen LogP) is 1.92. The van der Waals surface area contributed by atoms with Gasteiger partial charge in [-0.25, -0.2) is 4.58 Å². The lowest BCUT2D eigenvalue weighted by Gasteiger charge is -2.35. The van der Waals surface area contributed by atoms with Gasteiger partial charge in [0.1, 0.15) is 14.1 Å². The van der Waals surface area contributed by atoms with E-state index in [0.29, 0.717) is 5.57 Å². The first-order valence-corrected chi connectivity index (χ1v) is 8.04. The Kier molecular flexibility index (Phi) is 4.24. The summed E-state index contributed by atoms with van der Waals surface area (Å²) >= 11 is 0. The fourth-order valence-corrected chi connectivity index (χ4v) is 3.09. The maximum Gasteiger partial charge on any atom is 0.199 e. The molecule has 4 heteroatoms. The molecule has 1 fully saturated rings. The molecule has 2 aliphatic rings. The first kappa shape index (κ1) is 16.4. The Bertz CT molecular complexity index is 773. The van der Waals surface area contributed by atoms with Crippen molar-refractivity contribution in [2.45, 2.75) is 12.0 Å². The number of ketones is 1. The van der Waals surface area contributed by atoms with Crippen molar-refractivity contribution in [2.24, 2.45) is 0 Å². The second kappa shape index (κ2) is 6.21. The molecule has 0 aromatic heterocycles. The van der Waals surface area contributed by atoms with Crippen LogP contribution < -0.4 is 4.90 Å². The van der Waals surface area contributed by atoms with Gasteiger partial charge in [-0.15, -0.1) is 0 Å². The van der Waals surface area contributed by atoms with Crippen molar-refractivity contribution in [1.29, 1.82) is 0 Å². The summed E-state index contributed by atoms with van der Waals surface area (Å²) in [4.78, 5) is 14.6. The Morgan fingerprint density at radius 2 is 1.58 bits per heavy atom. The largest absolute Gasteiger partial charge is 0.387 e. The number of anilines is 1. The van der Waals surface area contributed by atoms with Crippen LogP contribution >= 0.6 is 0 Å². The average Bonchev–Trinajstić information content (AvgIpc) is 2.56. The molecule has 3 rings (SSSR count). The van der Waals surface area contributed by atoms with Gasteiger partial charge in [0.15, 0.2) is 11.5 Å². The van der Waals surface area contributed by atoms with E-state index >= 15 is 0 Å². The van der Waals surface area contributed by atoms with E-state index in [1.807, 2.05) is 86.2 Å². The molecule has 1 aromatic carbocycles. The van der Waals surface area contributed by atoms with Gasteiger partial charge in [-0.3, -0.25) is 4.79 Å². The minimum absolute atomic E-state index is 0.0118. The quantitative estimate of drug-likeness (QED) is 0.668. The Morgan fingerprint density at radius 3 is 2.04 bits per heavy atom. The number of aliphatic hydroxyl groups excluding tert-OH is 1. The maximum absolute atomic E-state index is 12.6. The van der Waals surface area contributed by atoms with E-state index < -0.39 is 12.0 Å². The number of carbonyl (C=O) groups excluding carboxylic acids is 1. The predicted molar refractivity (Wildman–Crippen MR) is 96.9 cm³/mol. The molecule has 1 saturated carbocycles. The van der Waals surface area contributed by atoms with E-state index in [4.69, 9.17) is 0 Å². The van der Waals surface area contributed by atoms with Gasteiger partial charge in [-0.05, 0) is 35.4 Å². The SMILES string of the molecule is CN(C)c1ccc(C2C(=O)C(=C3C=CC(=[N+](C)C)C=C3)C2O)cc1. The normalized spacial score (nSPS) is 22.7. The van der Waals surface area contributed by atoms with Crippen LogP contribution in [0.2, 0.25) is 0 Å². The molecule has 24 heavy (non-hydrogen) atoms. The van der Waals surface area contributed by atoms with Gasteiger partial charge in [0.2, 0.25) is 0 Å². The molecule has 0 radical (unpaired) electrons. The lowest BCUT2D eigenvalue weighted by molar-refractivity contribution is -0.462. The van der Waals surface area contributed by atoms with Crippen LogP contribution in [0.25, 0.3) is 0 Å². The van der Waals surface area contributed by atoms with E-state index in [9.17, 15) is 9.90 Å². The van der Waals surface area contributed by atoms with Crippen LogP contribution in [-0.2, 0) is 4.79 Å². The van der Waals surface area contributed by atoms with Crippen molar-refractivity contribution in [3.8, 4) is 0 Å². The number of Topliss-reactive ketones (excluding diaryl/α,β-unsaturated/α-hetero) is 1. The highest BCUT2D eigenvalue weighted by Gasteiger charge is 2.46. The fraction of sp³-hybridized carbons (Fsp3) is 0.300. The lowest BCUT2D eigenvalue weighted by atomic mass is 9.69. The Hall–Kier alpha value is -2.46. The van der Waals surface area contributed by atoms with Crippen LogP contribution in [0.3, 0.4) is 0 Å². The summed E-state index contributed by atoms with van der Waals surface area (Å²) in [5.74, 6) is -0.442. The molecular formula is C20H23N2O2+. The van der Waals surface area contributed by atoms with Crippen molar-refractivity contribution in [3.05, 3.63) is 65.3 Å². The molecule has 0 spiro atoms. The summed E-state index contributed by atoms with van der Waals surface area (Å²) in [7, 11) is 7.89. The Balaban J connectivity index is 1.84. The van der Waals surface area contributed by atoms with Gasteiger partial charge >= 0.3 is 0 Å². The number of nitrogens with zero attached hydrogens (tertiary/aromatic N) is 2. The second-order valence-corrected chi connectivity index (χ2v) is 6.63. The molecule has 0 amide bonds. The Labute approximate surface area is 142 Å². The van der Waals surface area contributed by atoms with Gasteiger partial charge in [-0.1, -0.05) is 12.1 Å². The topological polar surface area (TPSA) is 43.5 Å². The van der Waals surface area contributed by atoms with Crippen LogP contribution in [0.4, 0.5) is 5.69 Å². The van der Waals surface area contributed by atoms with E-state index in [-0.39, 0.29) is 5.78 Å². The van der Waals surface area contributed by atoms with Gasteiger partial charge in [0.05, 0.1) is 12.0 Å². The van der Waals surface area contributed by atoms with E-state index in [1.165, 1.54) is 0 Å². The molecule has 0 aliphatic heterocycles. The second-order valence-electron chi connectivity index (χ2n) is 6.63. The molecule has 4 nitrogen and oxygen atoms in total. The number of hydrogen-bond donors (Lipinski definition) is 1. The monoisotopic (exact) mass is 323 g/mol. The molecular weight excluding hydrogens is 300 g/mol. The number of rotatable bonds is 2. The van der Waals surface area contributed by atoms with Crippen LogP contribution in [-0.4, -0.2) is 55.5 Å². The smallest absolute Gasteiger partial charge is 0.199 e. The van der Waals surface area contributed by atoms with Gasteiger partial charge < -0.3 is 10.0 Å². The fourth-order valence-electron chi connectivity index (χ4n) is 3.09. The van der Waals surface area contributed by atoms with E-state index in [1.54, 1.807) is 0 Å². The van der Waals surface area contributed by atoms with Crippen LogP contribution in [0.1, 0.15) is 11.5 Å². The summed E-state index contributed by atoms with van der Waals surface area (Å²) in [5, 5.41) is 10.5. The molecule has 1 aromatic rings. The highest BCUT2D eigenvalue weighted by Crippen LogP contribution is 2.41. The highest BCUT2D eigenvalue weighted by molar-refractivity contribution is 6.12. The first-order valence-electron chi connectivity index (χ1n) is 8.04. The molecule has 2 unspecified atom stereocenters. The summed E-state index contributed by atoms with van der Waals surface area (Å²) < 4.78 is 2.00. The molecule has 2 atom stereocenters. The zero-order valence-corrected chi connectivity index (χ0v) is 14.5. The van der Waals surface area contributed by atoms with Gasteiger partial charge in [0, 0.05) is 37.5 Å². The van der Waals surface area contributed by atoms with Crippen molar-refractivity contribution in [3.63, 3.8) is 0 Å². The molecule has 124 valence electrons. The van der Waals surface area contributed by atoms with Crippen molar-refractivity contribution in [1.82, 2.24) is 0 Å². The van der Waals surface area contributed by atoms with Crippen LogP contribution in [0, 0.1) is 0 Å². The van der Waals surface area contributed by atoms with Crippen molar-refractivity contribution >= 4 is 17.2 Å². The Morgan fingerprint density at radius 1 is 1.00 bits per heavy atom. The summed E-state index contributed by atoms with van der Waals surface area (Å²) in [6.45, 7) is 0. The molecule has 0 bridgehead atoms. The maximum atomic E-state index is 12.6. The highest BCUT2D eigenvalue weighted by atomic mass is 16.3. The van der Waals surface area contributed by atoms with Crippen molar-refractivity contribution < 1.29 is 14.5 Å². The van der Waals surface area contributed by atoms with Crippen LogP contribution in [0.15, 0.2) is 59.7 Å². The third-order valence-corrected chi connectivity index (χ3v) is 4.62. The van der Waals surface area contributed by atoms with E-state index in [2.05, 4.69) is 0 Å². The standard InChI is InChI=1S/C20H23N2O2/c1-21(2)15-9-5-13(6-10-15)17-19(23)18(20(17)24)14-7-11-16(12-8-14)22(3)4/h5-12,17,19,23H,1-4H3/q+1. The minimum Gasteiger partial charge on any atom is -0.387 e. The number of allylic oxidation sites excluding steroid dienone is 5. The van der Waals surface area contributed by atoms with E-state index in [0.717, 1.165) is 22.5 Å².